The van der Waals surface area contributed by atoms with E-state index in [0.29, 0.717) is 19.2 Å². The first-order valence-electron chi connectivity index (χ1n) is 13.3. The molecule has 1 atom stereocenters. The lowest BCUT2D eigenvalue weighted by atomic mass is 9.83. The van der Waals surface area contributed by atoms with Crippen LogP contribution >= 0.6 is 13.5 Å². The van der Waals surface area contributed by atoms with E-state index in [9.17, 15) is 5.26 Å². The predicted molar refractivity (Wildman–Crippen MR) is 163 cm³/mol. The highest BCUT2D eigenvalue weighted by molar-refractivity contribution is 7.59. The third kappa shape index (κ3) is 6.72. The lowest BCUT2D eigenvalue weighted by molar-refractivity contribution is 0.189. The Hall–Kier alpha value is -2.71. The number of anilines is 2. The molecule has 0 bridgehead atoms. The van der Waals surface area contributed by atoms with Crippen LogP contribution in [0.25, 0.3) is 11.3 Å². The van der Waals surface area contributed by atoms with Crippen LogP contribution in [0, 0.1) is 11.3 Å². The molecule has 1 N–H and O–H groups in total. The van der Waals surface area contributed by atoms with Crippen LogP contribution in [0.2, 0.25) is 18.1 Å². The molecule has 210 valence electrons. The number of nitrogens with zero attached hydrogens (tertiary/aromatic N) is 5. The Morgan fingerprint density at radius 1 is 1.21 bits per heavy atom. The van der Waals surface area contributed by atoms with Crippen molar-refractivity contribution in [2.75, 3.05) is 25.6 Å². The van der Waals surface area contributed by atoms with E-state index in [2.05, 4.69) is 68.3 Å². The normalized spacial score (nSPS) is 16.9. The number of ether oxygens (including phenoxy) is 1. The second kappa shape index (κ2) is 12.2. The van der Waals surface area contributed by atoms with Gasteiger partial charge in [-0.3, -0.25) is 0 Å². The van der Waals surface area contributed by atoms with Gasteiger partial charge < -0.3 is 14.5 Å². The highest BCUT2D eigenvalue weighted by Gasteiger charge is 2.42. The third-order valence-electron chi connectivity index (χ3n) is 8.13. The van der Waals surface area contributed by atoms with Crippen molar-refractivity contribution in [2.24, 2.45) is 0 Å². The molecule has 1 aromatic carbocycles. The van der Waals surface area contributed by atoms with E-state index in [1.807, 2.05) is 22.9 Å². The molecule has 0 amide bonds. The van der Waals surface area contributed by atoms with Crippen molar-refractivity contribution in [1.82, 2.24) is 19.7 Å². The molecule has 2 aromatic heterocycles. The molecule has 8 nitrogen and oxygen atoms in total. The molecule has 2 heterocycles. The van der Waals surface area contributed by atoms with Crippen LogP contribution in [-0.2, 0) is 27.5 Å². The minimum Gasteiger partial charge on any atom is -0.416 e. The van der Waals surface area contributed by atoms with Crippen LogP contribution in [0.1, 0.15) is 57.2 Å². The summed E-state index contributed by atoms with van der Waals surface area (Å²) < 4.78 is 13.7. The first kappa shape index (κ1) is 30.8. The second-order valence-corrected chi connectivity index (χ2v) is 16.8. The molecule has 1 aliphatic carbocycles. The molecule has 0 saturated heterocycles. The zero-order chi connectivity index (χ0) is 27.6. The van der Waals surface area contributed by atoms with Crippen LogP contribution in [-0.4, -0.2) is 48.4 Å². The standard InChI is InChI=1S/C29H40N6O2Si.H2S/c1-28(2,3)38(6,7)37-20-29(4)12-9-23-22(19-30)17-21(18-24(23)29)25-10-13-31-27(33-25)34-26-11-14-32-35(26)15-8-16-36-5;/h10-11,13-14,17-18H,8-9,12,15-16,20H2,1-7H3,(H,31,33,34);1H2/t29-;/m0./s1. The zero-order valence-corrected chi connectivity index (χ0v) is 26.3. The van der Waals surface area contributed by atoms with Crippen molar-refractivity contribution in [3.05, 3.63) is 53.3 Å². The Morgan fingerprint density at radius 2 is 1.97 bits per heavy atom. The maximum absolute atomic E-state index is 10.0. The molecule has 39 heavy (non-hydrogen) atoms. The second-order valence-electron chi connectivity index (χ2n) is 11.9. The third-order valence-corrected chi connectivity index (χ3v) is 12.6. The van der Waals surface area contributed by atoms with Crippen LogP contribution in [0.15, 0.2) is 36.7 Å². The van der Waals surface area contributed by atoms with Crippen molar-refractivity contribution >= 4 is 33.6 Å². The van der Waals surface area contributed by atoms with Gasteiger partial charge in [0.25, 0.3) is 0 Å². The van der Waals surface area contributed by atoms with E-state index in [1.54, 1.807) is 19.5 Å². The largest absolute Gasteiger partial charge is 0.416 e. The van der Waals surface area contributed by atoms with Crippen molar-refractivity contribution < 1.29 is 9.16 Å². The molecular formula is C29H42N6O2SSi. The minimum absolute atomic E-state index is 0. The number of fused-ring (bicyclic) bond motifs is 1. The van der Waals surface area contributed by atoms with E-state index in [4.69, 9.17) is 14.1 Å². The molecule has 10 heteroatoms. The summed E-state index contributed by atoms with van der Waals surface area (Å²) in [7, 11) is -0.206. The summed E-state index contributed by atoms with van der Waals surface area (Å²) in [5, 5.41) is 17.8. The van der Waals surface area contributed by atoms with E-state index < -0.39 is 8.32 Å². The van der Waals surface area contributed by atoms with Crippen LogP contribution < -0.4 is 5.32 Å². The van der Waals surface area contributed by atoms with Gasteiger partial charge in [-0.15, -0.1) is 0 Å². The van der Waals surface area contributed by atoms with E-state index in [-0.39, 0.29) is 23.9 Å². The number of nitrogens with one attached hydrogen (secondary N) is 1. The number of hydrogen-bond donors (Lipinski definition) is 1. The Morgan fingerprint density at radius 3 is 2.67 bits per heavy atom. The van der Waals surface area contributed by atoms with E-state index in [0.717, 1.165) is 54.0 Å². The average molecular weight is 567 g/mol. The molecule has 0 spiro atoms. The number of rotatable bonds is 10. The molecule has 4 rings (SSSR count). The SMILES string of the molecule is COCCCn1nccc1Nc1nccc(-c2cc(C#N)c3c(c2)[C@](C)(CO[Si](C)(C)C(C)(C)C)CC3)n1.S. The van der Waals surface area contributed by atoms with Gasteiger partial charge in [0.15, 0.2) is 8.32 Å². The molecule has 0 radical (unpaired) electrons. The van der Waals surface area contributed by atoms with Crippen molar-refractivity contribution in [3.8, 4) is 17.3 Å². The number of methoxy groups -OCH3 is 1. The number of benzene rings is 1. The minimum atomic E-state index is -1.90. The Bertz CT molecular complexity index is 1330. The highest BCUT2D eigenvalue weighted by atomic mass is 32.1. The van der Waals surface area contributed by atoms with Gasteiger partial charge in [-0.2, -0.15) is 23.9 Å². The van der Waals surface area contributed by atoms with Gasteiger partial charge in [0, 0.05) is 50.1 Å². The maximum atomic E-state index is 10.0. The van der Waals surface area contributed by atoms with Crippen LogP contribution in [0.3, 0.4) is 0 Å². The molecule has 0 unspecified atom stereocenters. The zero-order valence-electron chi connectivity index (χ0n) is 24.3. The smallest absolute Gasteiger partial charge is 0.228 e. The first-order valence-corrected chi connectivity index (χ1v) is 16.2. The molecule has 3 aromatic rings. The molecular weight excluding hydrogens is 525 g/mol. The van der Waals surface area contributed by atoms with Crippen molar-refractivity contribution in [3.63, 3.8) is 0 Å². The number of aromatic nitrogens is 4. The number of hydrogen-bond acceptors (Lipinski definition) is 7. The monoisotopic (exact) mass is 566 g/mol. The number of aryl methyl sites for hydroxylation is 1. The van der Waals surface area contributed by atoms with Crippen LogP contribution in [0.5, 0.6) is 0 Å². The van der Waals surface area contributed by atoms with Crippen molar-refractivity contribution in [1.29, 1.82) is 5.26 Å². The Kier molecular flexibility index (Phi) is 9.65. The Balaban J connectivity index is 0.00000420. The summed E-state index contributed by atoms with van der Waals surface area (Å²) in [4.78, 5) is 9.23. The summed E-state index contributed by atoms with van der Waals surface area (Å²) in [5.41, 5.74) is 4.61. The molecule has 0 saturated carbocycles. The molecule has 1 aliphatic rings. The molecule has 0 aliphatic heterocycles. The summed E-state index contributed by atoms with van der Waals surface area (Å²) in [6.07, 6.45) is 6.22. The van der Waals surface area contributed by atoms with E-state index in [1.165, 1.54) is 5.56 Å². The summed E-state index contributed by atoms with van der Waals surface area (Å²) in [5.74, 6) is 1.30. The van der Waals surface area contributed by atoms with Crippen molar-refractivity contribution in [2.45, 2.75) is 77.0 Å². The quantitative estimate of drug-likeness (QED) is 0.226. The summed E-state index contributed by atoms with van der Waals surface area (Å²) >= 11 is 0. The fourth-order valence-corrected chi connectivity index (χ4v) is 5.75. The van der Waals surface area contributed by atoms with Crippen LogP contribution in [0.4, 0.5) is 11.8 Å². The number of nitriles is 1. The van der Waals surface area contributed by atoms with Gasteiger partial charge in [-0.25, -0.2) is 14.6 Å². The average Bonchev–Trinajstić information content (AvgIpc) is 3.46. The lowest BCUT2D eigenvalue weighted by Crippen LogP contribution is -2.44. The van der Waals surface area contributed by atoms with E-state index >= 15 is 0 Å². The summed E-state index contributed by atoms with van der Waals surface area (Å²) in [6.45, 7) is 15.7. The van der Waals surface area contributed by atoms with Gasteiger partial charge in [0.1, 0.15) is 5.82 Å². The lowest BCUT2D eigenvalue weighted by Gasteiger charge is -2.39. The molecule has 0 fully saturated rings. The fraction of sp³-hybridized carbons (Fsp3) is 0.517. The summed E-state index contributed by atoms with van der Waals surface area (Å²) in [6, 6.07) is 10.4. The van der Waals surface area contributed by atoms with Gasteiger partial charge in [-0.1, -0.05) is 27.7 Å². The van der Waals surface area contributed by atoms with Gasteiger partial charge in [-0.05, 0) is 66.7 Å². The fourth-order valence-electron chi connectivity index (χ4n) is 4.64. The van der Waals surface area contributed by atoms with Gasteiger partial charge in [0.2, 0.25) is 5.95 Å². The topological polar surface area (TPSA) is 97.9 Å². The predicted octanol–water partition coefficient (Wildman–Crippen LogP) is 6.33. The van der Waals surface area contributed by atoms with Gasteiger partial charge >= 0.3 is 0 Å². The van der Waals surface area contributed by atoms with Gasteiger partial charge in [0.05, 0.1) is 23.5 Å². The highest BCUT2D eigenvalue weighted by Crippen LogP contribution is 2.44. The Labute approximate surface area is 240 Å². The first-order chi connectivity index (χ1) is 18.0. The maximum Gasteiger partial charge on any atom is 0.228 e.